The lowest BCUT2D eigenvalue weighted by atomic mass is 10.1. The summed E-state index contributed by atoms with van der Waals surface area (Å²) in [6.45, 7) is 0.587. The Labute approximate surface area is 126 Å². The smallest absolute Gasteiger partial charge is 0.224 e. The predicted octanol–water partition coefficient (Wildman–Crippen LogP) is 0.287. The third-order valence-corrected chi connectivity index (χ3v) is 3.19. The van der Waals surface area contributed by atoms with Gasteiger partial charge in [-0.3, -0.25) is 4.79 Å². The van der Waals surface area contributed by atoms with Crippen LogP contribution in [-0.2, 0) is 17.6 Å². The first-order valence-corrected chi connectivity index (χ1v) is 6.87. The van der Waals surface area contributed by atoms with E-state index in [4.69, 9.17) is 0 Å². The number of nitrogens with one attached hydrogen (secondary N) is 2. The molecule has 0 spiro atoms. The Balaban J connectivity index is 1.49. The normalized spacial score (nSPS) is 10.5. The number of carbonyl (C=O) groups is 1. The Bertz CT molecular complexity index is 704. The largest absolute Gasteiger partial charge is 0.355 e. The average molecular weight is 297 g/mol. The van der Waals surface area contributed by atoms with Gasteiger partial charge in [0.15, 0.2) is 0 Å². The van der Waals surface area contributed by atoms with Crippen molar-refractivity contribution in [1.29, 1.82) is 0 Å². The van der Waals surface area contributed by atoms with Crippen molar-refractivity contribution < 1.29 is 4.79 Å². The number of carbonyl (C=O) groups excluding carboxylic acids is 1. The maximum atomic E-state index is 11.9. The fourth-order valence-electron chi connectivity index (χ4n) is 2.05. The molecule has 0 fully saturated rings. The molecule has 2 N–H and O–H groups in total. The predicted molar refractivity (Wildman–Crippen MR) is 78.2 cm³/mol. The highest BCUT2D eigenvalue weighted by Crippen LogP contribution is 2.08. The zero-order valence-electron chi connectivity index (χ0n) is 11.8. The van der Waals surface area contributed by atoms with E-state index < -0.39 is 0 Å². The van der Waals surface area contributed by atoms with Crippen LogP contribution in [0, 0.1) is 0 Å². The molecule has 1 aromatic carbocycles. The van der Waals surface area contributed by atoms with Crippen molar-refractivity contribution in [2.75, 3.05) is 6.54 Å². The van der Waals surface area contributed by atoms with Crippen molar-refractivity contribution in [3.63, 3.8) is 0 Å². The molecule has 1 amide bonds. The van der Waals surface area contributed by atoms with Gasteiger partial charge in [0.1, 0.15) is 6.33 Å². The van der Waals surface area contributed by atoms with Gasteiger partial charge in [0.25, 0.3) is 0 Å². The monoisotopic (exact) mass is 297 g/mol. The summed E-state index contributed by atoms with van der Waals surface area (Å²) in [5.41, 5.74) is 2.80. The molecule has 3 rings (SSSR count). The molecule has 0 unspecified atom stereocenters. The van der Waals surface area contributed by atoms with Crippen LogP contribution in [0.4, 0.5) is 0 Å². The number of hydrogen-bond donors (Lipinski definition) is 2. The van der Waals surface area contributed by atoms with E-state index in [9.17, 15) is 4.79 Å². The van der Waals surface area contributed by atoms with Crippen LogP contribution in [0.2, 0.25) is 0 Å². The van der Waals surface area contributed by atoms with Crippen LogP contribution >= 0.6 is 0 Å². The maximum absolute atomic E-state index is 11.9. The van der Waals surface area contributed by atoms with Crippen LogP contribution in [0.5, 0.6) is 0 Å². The van der Waals surface area contributed by atoms with Crippen molar-refractivity contribution >= 4 is 5.91 Å². The number of nitrogens with zero attached hydrogens (tertiary/aromatic N) is 5. The van der Waals surface area contributed by atoms with E-state index in [0.717, 1.165) is 23.4 Å². The summed E-state index contributed by atoms with van der Waals surface area (Å²) in [6, 6.07) is 7.55. The first kappa shape index (κ1) is 13.9. The second kappa shape index (κ2) is 6.61. The van der Waals surface area contributed by atoms with Gasteiger partial charge in [-0.15, -0.1) is 5.10 Å². The Morgan fingerprint density at radius 3 is 2.82 bits per heavy atom. The number of amides is 1. The van der Waals surface area contributed by atoms with Gasteiger partial charge in [0.05, 0.1) is 18.4 Å². The molecule has 3 aromatic rings. The van der Waals surface area contributed by atoms with Crippen molar-refractivity contribution in [2.45, 2.75) is 12.8 Å². The second-order valence-electron chi connectivity index (χ2n) is 4.77. The molecule has 0 saturated heterocycles. The standard InChI is InChI=1S/C14H15N7O/c22-14(16-6-5-12-8-15-9-17-12)7-11-1-3-13(4-2-11)21-10-18-19-20-21/h1-4,8-10H,5-7H2,(H,15,17)(H,16,22). The molecule has 0 atom stereocenters. The van der Waals surface area contributed by atoms with Crippen LogP contribution in [0.1, 0.15) is 11.3 Å². The fraction of sp³-hybridized carbons (Fsp3) is 0.214. The molecule has 0 aliphatic heterocycles. The number of aromatic amines is 1. The summed E-state index contributed by atoms with van der Waals surface area (Å²) < 4.78 is 1.56. The van der Waals surface area contributed by atoms with Crippen molar-refractivity contribution in [1.82, 2.24) is 35.5 Å². The minimum absolute atomic E-state index is 0.00492. The fourth-order valence-corrected chi connectivity index (χ4v) is 2.05. The number of rotatable bonds is 6. The average Bonchev–Trinajstić information content (AvgIpc) is 3.21. The highest BCUT2D eigenvalue weighted by Gasteiger charge is 2.04. The Hall–Kier alpha value is -3.03. The minimum Gasteiger partial charge on any atom is -0.355 e. The van der Waals surface area contributed by atoms with Crippen LogP contribution in [0.3, 0.4) is 0 Å². The van der Waals surface area contributed by atoms with Crippen LogP contribution in [0.15, 0.2) is 43.1 Å². The van der Waals surface area contributed by atoms with Crippen LogP contribution in [-0.4, -0.2) is 42.6 Å². The Kier molecular flexibility index (Phi) is 4.19. The highest BCUT2D eigenvalue weighted by molar-refractivity contribution is 5.78. The molecule has 2 aromatic heterocycles. The van der Waals surface area contributed by atoms with Gasteiger partial charge in [-0.1, -0.05) is 12.1 Å². The van der Waals surface area contributed by atoms with Gasteiger partial charge in [-0.25, -0.2) is 9.67 Å². The highest BCUT2D eigenvalue weighted by atomic mass is 16.1. The van der Waals surface area contributed by atoms with Crippen molar-refractivity contribution in [3.05, 3.63) is 54.4 Å². The lowest BCUT2D eigenvalue weighted by molar-refractivity contribution is -0.120. The zero-order valence-corrected chi connectivity index (χ0v) is 11.8. The number of benzene rings is 1. The van der Waals surface area contributed by atoms with Crippen LogP contribution in [0.25, 0.3) is 5.69 Å². The quantitative estimate of drug-likeness (QED) is 0.681. The molecule has 8 nitrogen and oxygen atoms in total. The number of aromatic nitrogens is 6. The van der Waals surface area contributed by atoms with E-state index in [2.05, 4.69) is 30.8 Å². The SMILES string of the molecule is O=C(Cc1ccc(-n2cnnn2)cc1)NCCc1cnc[nH]1. The summed E-state index contributed by atoms with van der Waals surface area (Å²) in [7, 11) is 0. The second-order valence-corrected chi connectivity index (χ2v) is 4.77. The van der Waals surface area contributed by atoms with E-state index >= 15 is 0 Å². The van der Waals surface area contributed by atoms with Gasteiger partial charge in [-0.05, 0) is 28.1 Å². The van der Waals surface area contributed by atoms with Gasteiger partial charge in [-0.2, -0.15) is 0 Å². The number of hydrogen-bond acceptors (Lipinski definition) is 5. The van der Waals surface area contributed by atoms with Gasteiger partial charge >= 0.3 is 0 Å². The molecule has 112 valence electrons. The van der Waals surface area contributed by atoms with Crippen molar-refractivity contribution in [2.24, 2.45) is 0 Å². The molecule has 0 aliphatic carbocycles. The van der Waals surface area contributed by atoms with Gasteiger partial charge in [0, 0.05) is 24.9 Å². The molecule has 0 bridgehead atoms. The molecule has 22 heavy (non-hydrogen) atoms. The molecule has 2 heterocycles. The summed E-state index contributed by atoms with van der Waals surface area (Å²) >= 11 is 0. The third kappa shape index (κ3) is 3.54. The number of tetrazole rings is 1. The zero-order chi connectivity index (χ0) is 15.2. The van der Waals surface area contributed by atoms with E-state index in [0.29, 0.717) is 13.0 Å². The third-order valence-electron chi connectivity index (χ3n) is 3.19. The summed E-state index contributed by atoms with van der Waals surface area (Å²) in [4.78, 5) is 18.8. The van der Waals surface area contributed by atoms with E-state index in [1.807, 2.05) is 24.3 Å². The molecular formula is C14H15N7O. The lowest BCUT2D eigenvalue weighted by Gasteiger charge is -2.05. The minimum atomic E-state index is -0.00492. The van der Waals surface area contributed by atoms with E-state index in [1.54, 1.807) is 17.2 Å². The first-order valence-electron chi connectivity index (χ1n) is 6.87. The van der Waals surface area contributed by atoms with Crippen LogP contribution < -0.4 is 5.32 Å². The molecule has 8 heteroatoms. The summed E-state index contributed by atoms with van der Waals surface area (Å²) in [6.07, 6.45) is 5.99. The Morgan fingerprint density at radius 2 is 2.14 bits per heavy atom. The number of H-pyrrole nitrogens is 1. The summed E-state index contributed by atoms with van der Waals surface area (Å²) in [5, 5.41) is 13.9. The van der Waals surface area contributed by atoms with Crippen molar-refractivity contribution in [3.8, 4) is 5.69 Å². The van der Waals surface area contributed by atoms with Gasteiger partial charge < -0.3 is 10.3 Å². The molecule has 0 radical (unpaired) electrons. The maximum Gasteiger partial charge on any atom is 0.224 e. The van der Waals surface area contributed by atoms with E-state index in [1.165, 1.54) is 6.33 Å². The molecule has 0 saturated carbocycles. The number of imidazole rings is 1. The first-order chi connectivity index (χ1) is 10.8. The lowest BCUT2D eigenvalue weighted by Crippen LogP contribution is -2.27. The molecular weight excluding hydrogens is 282 g/mol. The van der Waals surface area contributed by atoms with Gasteiger partial charge in [0.2, 0.25) is 5.91 Å². The van der Waals surface area contributed by atoms with E-state index in [-0.39, 0.29) is 5.91 Å². The topological polar surface area (TPSA) is 101 Å². The molecule has 0 aliphatic rings. The Morgan fingerprint density at radius 1 is 1.27 bits per heavy atom. The summed E-state index contributed by atoms with van der Waals surface area (Å²) in [5.74, 6) is -0.00492.